The van der Waals surface area contributed by atoms with Gasteiger partial charge in [0.1, 0.15) is 11.1 Å². The van der Waals surface area contributed by atoms with Gasteiger partial charge in [0, 0.05) is 31.3 Å². The molecule has 1 N–H and O–H groups in total. The molecule has 1 aromatic heterocycles. The summed E-state index contributed by atoms with van der Waals surface area (Å²) in [7, 11) is 1.59. The molecule has 3 rings (SSSR count). The Morgan fingerprint density at radius 1 is 1.19 bits per heavy atom. The molecule has 0 bridgehead atoms. The first-order chi connectivity index (χ1) is 12.6. The van der Waals surface area contributed by atoms with Crippen LogP contribution in [0.2, 0.25) is 0 Å². The van der Waals surface area contributed by atoms with Gasteiger partial charge in [-0.25, -0.2) is 0 Å². The zero-order valence-corrected chi connectivity index (χ0v) is 15.4. The summed E-state index contributed by atoms with van der Waals surface area (Å²) in [5, 5.41) is 11.7. The third kappa shape index (κ3) is 4.24. The molecule has 1 unspecified atom stereocenters. The van der Waals surface area contributed by atoms with Crippen molar-refractivity contribution in [2.45, 2.75) is 13.0 Å². The first kappa shape index (κ1) is 18.4. The van der Waals surface area contributed by atoms with Gasteiger partial charge in [0.15, 0.2) is 0 Å². The second kappa shape index (κ2) is 8.35. The van der Waals surface area contributed by atoms with E-state index in [1.165, 1.54) is 11.3 Å². The third-order valence-corrected chi connectivity index (χ3v) is 5.05. The fraction of sp³-hybridized carbons (Fsp3) is 0.412. The summed E-state index contributed by atoms with van der Waals surface area (Å²) in [4.78, 5) is 26.5. The van der Waals surface area contributed by atoms with Crippen molar-refractivity contribution in [2.24, 2.45) is 0 Å². The van der Waals surface area contributed by atoms with Crippen LogP contribution in [0.15, 0.2) is 24.3 Å². The molecule has 1 aliphatic rings. The highest BCUT2D eigenvalue weighted by molar-refractivity contribution is 7.15. The number of anilines is 1. The van der Waals surface area contributed by atoms with Crippen LogP contribution < -0.4 is 5.32 Å². The van der Waals surface area contributed by atoms with Gasteiger partial charge in [-0.05, 0) is 31.2 Å². The lowest BCUT2D eigenvalue weighted by molar-refractivity contribution is 0.0303. The van der Waals surface area contributed by atoms with Gasteiger partial charge in [-0.1, -0.05) is 11.3 Å². The van der Waals surface area contributed by atoms with E-state index in [0.29, 0.717) is 47.6 Å². The fourth-order valence-corrected chi connectivity index (χ4v) is 3.20. The van der Waals surface area contributed by atoms with Crippen molar-refractivity contribution in [3.8, 4) is 0 Å². The number of benzene rings is 1. The Kier molecular flexibility index (Phi) is 5.92. The van der Waals surface area contributed by atoms with Gasteiger partial charge in [-0.2, -0.15) is 0 Å². The number of amides is 2. The molecule has 2 amide bonds. The van der Waals surface area contributed by atoms with E-state index in [4.69, 9.17) is 9.47 Å². The molecular weight excluding hydrogens is 356 g/mol. The third-order valence-electron chi connectivity index (χ3n) is 4.05. The van der Waals surface area contributed by atoms with E-state index in [9.17, 15) is 9.59 Å². The van der Waals surface area contributed by atoms with E-state index in [1.54, 1.807) is 36.3 Å². The minimum Gasteiger partial charge on any atom is -0.378 e. The van der Waals surface area contributed by atoms with Gasteiger partial charge in [0.25, 0.3) is 11.8 Å². The molecule has 1 atom stereocenters. The van der Waals surface area contributed by atoms with Crippen LogP contribution >= 0.6 is 11.3 Å². The Morgan fingerprint density at radius 3 is 2.50 bits per heavy atom. The van der Waals surface area contributed by atoms with E-state index >= 15 is 0 Å². The molecule has 9 heteroatoms. The maximum absolute atomic E-state index is 12.4. The lowest BCUT2D eigenvalue weighted by Crippen LogP contribution is -2.40. The Morgan fingerprint density at radius 2 is 1.85 bits per heavy atom. The van der Waals surface area contributed by atoms with E-state index in [1.807, 2.05) is 6.92 Å². The van der Waals surface area contributed by atoms with Crippen LogP contribution in [0, 0.1) is 0 Å². The zero-order chi connectivity index (χ0) is 18.5. The molecule has 1 aromatic carbocycles. The molecule has 138 valence electrons. The Bertz CT molecular complexity index is 771. The number of hydrogen-bond acceptors (Lipinski definition) is 7. The highest BCUT2D eigenvalue weighted by Gasteiger charge is 2.19. The van der Waals surface area contributed by atoms with Crippen molar-refractivity contribution in [1.82, 2.24) is 15.1 Å². The Hall–Kier alpha value is -2.36. The predicted octanol–water partition coefficient (Wildman–Crippen LogP) is 1.97. The predicted molar refractivity (Wildman–Crippen MR) is 96.5 cm³/mol. The number of methoxy groups -OCH3 is 1. The molecule has 0 aliphatic carbocycles. The van der Waals surface area contributed by atoms with E-state index in [-0.39, 0.29) is 17.9 Å². The van der Waals surface area contributed by atoms with Crippen LogP contribution in [0.1, 0.15) is 38.8 Å². The Balaban J connectivity index is 1.63. The SMILES string of the molecule is COC(C)c1nnc(NC(=O)c2ccc(C(=O)N3CCOCC3)cc2)s1. The maximum Gasteiger partial charge on any atom is 0.257 e. The average Bonchev–Trinajstić information content (AvgIpc) is 3.16. The number of carbonyl (C=O) groups excluding carboxylic acids is 2. The van der Waals surface area contributed by atoms with Crippen LogP contribution in [0.3, 0.4) is 0 Å². The molecule has 26 heavy (non-hydrogen) atoms. The highest BCUT2D eigenvalue weighted by atomic mass is 32.1. The zero-order valence-electron chi connectivity index (χ0n) is 14.6. The van der Waals surface area contributed by atoms with Gasteiger partial charge in [-0.15, -0.1) is 10.2 Å². The summed E-state index contributed by atoms with van der Waals surface area (Å²) in [5.74, 6) is -0.356. The quantitative estimate of drug-likeness (QED) is 0.857. The minimum atomic E-state index is -0.303. The van der Waals surface area contributed by atoms with Gasteiger partial charge in [0.2, 0.25) is 5.13 Å². The van der Waals surface area contributed by atoms with Crippen LogP contribution in [0.4, 0.5) is 5.13 Å². The normalized spacial score (nSPS) is 15.5. The molecule has 0 radical (unpaired) electrons. The molecular formula is C17H20N4O4S. The summed E-state index contributed by atoms with van der Waals surface area (Å²) in [6, 6.07) is 6.57. The summed E-state index contributed by atoms with van der Waals surface area (Å²) in [5.41, 5.74) is 0.996. The van der Waals surface area contributed by atoms with Crippen molar-refractivity contribution in [2.75, 3.05) is 38.7 Å². The maximum atomic E-state index is 12.4. The minimum absolute atomic E-state index is 0.0532. The summed E-state index contributed by atoms with van der Waals surface area (Å²) in [6.45, 7) is 4.13. The van der Waals surface area contributed by atoms with Crippen LogP contribution in [0.5, 0.6) is 0 Å². The summed E-state index contributed by atoms with van der Waals surface area (Å²) in [6.07, 6.45) is -0.177. The lowest BCUT2D eigenvalue weighted by Gasteiger charge is -2.26. The largest absolute Gasteiger partial charge is 0.378 e. The smallest absolute Gasteiger partial charge is 0.257 e. The van der Waals surface area contributed by atoms with E-state index in [0.717, 1.165) is 0 Å². The molecule has 0 saturated carbocycles. The Labute approximate surface area is 155 Å². The van der Waals surface area contributed by atoms with Crippen LogP contribution in [-0.2, 0) is 9.47 Å². The standard InChI is InChI=1S/C17H20N4O4S/c1-11(24-2)15-19-20-17(26-15)18-14(22)12-3-5-13(6-4-12)16(23)21-7-9-25-10-8-21/h3-6,11H,7-10H2,1-2H3,(H,18,20,22). The number of rotatable bonds is 5. The number of carbonyl (C=O) groups is 2. The summed E-state index contributed by atoms with van der Waals surface area (Å²) >= 11 is 1.26. The monoisotopic (exact) mass is 376 g/mol. The number of morpholine rings is 1. The van der Waals surface area contributed by atoms with E-state index < -0.39 is 0 Å². The number of hydrogen-bond donors (Lipinski definition) is 1. The van der Waals surface area contributed by atoms with Gasteiger partial charge >= 0.3 is 0 Å². The number of aromatic nitrogens is 2. The van der Waals surface area contributed by atoms with Crippen molar-refractivity contribution in [3.63, 3.8) is 0 Å². The first-order valence-corrected chi connectivity index (χ1v) is 9.04. The number of nitrogens with zero attached hydrogens (tertiary/aromatic N) is 3. The van der Waals surface area contributed by atoms with Crippen molar-refractivity contribution >= 4 is 28.3 Å². The van der Waals surface area contributed by atoms with Crippen LogP contribution in [0.25, 0.3) is 0 Å². The molecule has 1 saturated heterocycles. The first-order valence-electron chi connectivity index (χ1n) is 8.23. The molecule has 1 aliphatic heterocycles. The topological polar surface area (TPSA) is 93.7 Å². The average molecular weight is 376 g/mol. The number of nitrogens with one attached hydrogen (secondary N) is 1. The van der Waals surface area contributed by atoms with Gasteiger partial charge in [0.05, 0.1) is 13.2 Å². The van der Waals surface area contributed by atoms with Gasteiger partial charge in [-0.3, -0.25) is 14.9 Å². The summed E-state index contributed by atoms with van der Waals surface area (Å²) < 4.78 is 10.4. The molecule has 0 spiro atoms. The molecule has 1 fully saturated rings. The van der Waals surface area contributed by atoms with Gasteiger partial charge < -0.3 is 14.4 Å². The van der Waals surface area contributed by atoms with E-state index in [2.05, 4.69) is 15.5 Å². The number of ether oxygens (including phenoxy) is 2. The second-order valence-electron chi connectivity index (χ2n) is 5.76. The highest BCUT2D eigenvalue weighted by Crippen LogP contribution is 2.23. The molecule has 2 aromatic rings. The molecule has 8 nitrogen and oxygen atoms in total. The van der Waals surface area contributed by atoms with Crippen molar-refractivity contribution in [1.29, 1.82) is 0 Å². The fourth-order valence-electron chi connectivity index (χ4n) is 2.43. The second-order valence-corrected chi connectivity index (χ2v) is 6.77. The van der Waals surface area contributed by atoms with Crippen molar-refractivity contribution in [3.05, 3.63) is 40.4 Å². The molecule has 2 heterocycles. The van der Waals surface area contributed by atoms with Crippen LogP contribution in [-0.4, -0.2) is 60.3 Å². The lowest BCUT2D eigenvalue weighted by atomic mass is 10.1. The van der Waals surface area contributed by atoms with Crippen molar-refractivity contribution < 1.29 is 19.1 Å².